The third-order valence-corrected chi connectivity index (χ3v) is 4.36. The number of aromatic amines is 1. The van der Waals surface area contributed by atoms with Crippen molar-refractivity contribution in [1.29, 1.82) is 0 Å². The molecule has 0 atom stereocenters. The van der Waals surface area contributed by atoms with Crippen LogP contribution in [0, 0.1) is 6.92 Å². The minimum Gasteiger partial charge on any atom is -0.497 e. The fourth-order valence-corrected chi connectivity index (χ4v) is 2.79. The van der Waals surface area contributed by atoms with Crippen LogP contribution in [0.3, 0.4) is 0 Å². The van der Waals surface area contributed by atoms with E-state index in [1.54, 1.807) is 13.2 Å². The van der Waals surface area contributed by atoms with Crippen LogP contribution in [-0.2, 0) is 17.8 Å². The maximum atomic E-state index is 12.2. The number of nitrogens with one attached hydrogen (secondary N) is 2. The highest BCUT2D eigenvalue weighted by Gasteiger charge is 2.08. The predicted molar refractivity (Wildman–Crippen MR) is 102 cm³/mol. The fourth-order valence-electron chi connectivity index (χ4n) is 2.79. The maximum Gasteiger partial charge on any atom is 0.251 e. The Morgan fingerprint density at radius 2 is 1.88 bits per heavy atom. The van der Waals surface area contributed by atoms with Gasteiger partial charge in [0.2, 0.25) is 5.91 Å². The summed E-state index contributed by atoms with van der Waals surface area (Å²) in [4.78, 5) is 27.1. The second-order valence-corrected chi connectivity index (χ2v) is 6.34. The molecule has 2 aromatic carbocycles. The monoisotopic (exact) mass is 350 g/mol. The minimum atomic E-state index is -0.158. The first-order valence-corrected chi connectivity index (χ1v) is 8.57. The number of carbonyl (C=O) groups excluding carboxylic acids is 1. The van der Waals surface area contributed by atoms with Gasteiger partial charge in [0, 0.05) is 29.4 Å². The van der Waals surface area contributed by atoms with E-state index in [0.717, 1.165) is 22.2 Å². The number of pyridine rings is 1. The summed E-state index contributed by atoms with van der Waals surface area (Å²) in [5.41, 5.74) is 3.43. The molecule has 0 spiro atoms. The third-order valence-electron chi connectivity index (χ3n) is 4.36. The highest BCUT2D eigenvalue weighted by atomic mass is 16.5. The summed E-state index contributed by atoms with van der Waals surface area (Å²) in [5.74, 6) is 0.655. The maximum absolute atomic E-state index is 12.2. The molecule has 0 aliphatic rings. The van der Waals surface area contributed by atoms with Crippen LogP contribution in [0.1, 0.15) is 23.1 Å². The molecule has 1 heterocycles. The third kappa shape index (κ3) is 4.30. The molecule has 0 unspecified atom stereocenters. The lowest BCUT2D eigenvalue weighted by Gasteiger charge is -2.07. The number of benzene rings is 2. The zero-order valence-electron chi connectivity index (χ0n) is 15.0. The van der Waals surface area contributed by atoms with Crippen LogP contribution < -0.4 is 15.6 Å². The van der Waals surface area contributed by atoms with Crippen molar-refractivity contribution in [2.45, 2.75) is 26.3 Å². The van der Waals surface area contributed by atoms with E-state index < -0.39 is 0 Å². The van der Waals surface area contributed by atoms with Gasteiger partial charge in [-0.15, -0.1) is 0 Å². The van der Waals surface area contributed by atoms with Crippen LogP contribution in [0.5, 0.6) is 5.75 Å². The van der Waals surface area contributed by atoms with E-state index in [1.807, 2.05) is 49.4 Å². The minimum absolute atomic E-state index is 0.0734. The molecule has 0 radical (unpaired) electrons. The molecule has 3 aromatic rings. The van der Waals surface area contributed by atoms with Gasteiger partial charge in [0.1, 0.15) is 5.75 Å². The van der Waals surface area contributed by atoms with E-state index in [0.29, 0.717) is 18.5 Å². The number of fused-ring (bicyclic) bond motifs is 1. The number of carbonyl (C=O) groups is 1. The Morgan fingerprint density at radius 1 is 1.12 bits per heavy atom. The number of hydrogen-bond acceptors (Lipinski definition) is 3. The largest absolute Gasteiger partial charge is 0.497 e. The predicted octanol–water partition coefficient (Wildman–Crippen LogP) is 3.09. The number of H-pyrrole nitrogens is 1. The number of aryl methyl sites for hydroxylation is 2. The summed E-state index contributed by atoms with van der Waals surface area (Å²) >= 11 is 0. The number of hydrogen-bond donors (Lipinski definition) is 2. The highest BCUT2D eigenvalue weighted by molar-refractivity contribution is 5.81. The molecule has 5 nitrogen and oxygen atoms in total. The first kappa shape index (κ1) is 17.7. The molecule has 1 amide bonds. The first-order valence-electron chi connectivity index (χ1n) is 8.57. The molecular formula is C21H22N2O3. The van der Waals surface area contributed by atoms with E-state index in [2.05, 4.69) is 10.3 Å². The van der Waals surface area contributed by atoms with Crippen molar-refractivity contribution in [2.75, 3.05) is 7.11 Å². The van der Waals surface area contributed by atoms with Crippen molar-refractivity contribution in [1.82, 2.24) is 10.3 Å². The molecule has 0 aliphatic heterocycles. The van der Waals surface area contributed by atoms with Crippen molar-refractivity contribution in [2.24, 2.45) is 0 Å². The van der Waals surface area contributed by atoms with Crippen LogP contribution in [-0.4, -0.2) is 18.0 Å². The van der Waals surface area contributed by atoms with Gasteiger partial charge in [-0.25, -0.2) is 0 Å². The Hall–Kier alpha value is -3.08. The van der Waals surface area contributed by atoms with Gasteiger partial charge in [0.15, 0.2) is 0 Å². The first-order chi connectivity index (χ1) is 12.5. The Kier molecular flexibility index (Phi) is 5.37. The lowest BCUT2D eigenvalue weighted by atomic mass is 10.1. The average molecular weight is 350 g/mol. The van der Waals surface area contributed by atoms with E-state index in [1.165, 1.54) is 5.56 Å². The summed E-state index contributed by atoms with van der Waals surface area (Å²) in [6.45, 7) is 2.52. The standard InChI is InChI=1S/C21H22N2O3/c1-14-3-5-15(6-4-14)13-22-20(24)10-7-16-11-17-12-18(26-2)8-9-19(17)23-21(16)25/h3-6,8-9,11-12H,7,10,13H2,1-2H3,(H,22,24)(H,23,25). The van der Waals surface area contributed by atoms with Gasteiger partial charge in [-0.3, -0.25) is 9.59 Å². The SMILES string of the molecule is COc1ccc2[nH]c(=O)c(CCC(=O)NCc3ccc(C)cc3)cc2c1. The highest BCUT2D eigenvalue weighted by Crippen LogP contribution is 2.19. The molecule has 0 saturated heterocycles. The van der Waals surface area contributed by atoms with E-state index in [9.17, 15) is 9.59 Å². The molecular weight excluding hydrogens is 328 g/mol. The Bertz CT molecular complexity index is 975. The van der Waals surface area contributed by atoms with Crippen molar-refractivity contribution in [3.05, 3.63) is 75.6 Å². The number of amides is 1. The molecule has 3 rings (SSSR count). The number of methoxy groups -OCH3 is 1. The summed E-state index contributed by atoms with van der Waals surface area (Å²) in [6.07, 6.45) is 0.659. The van der Waals surface area contributed by atoms with Crippen LogP contribution in [0.2, 0.25) is 0 Å². The Morgan fingerprint density at radius 3 is 2.62 bits per heavy atom. The van der Waals surface area contributed by atoms with Gasteiger partial charge in [-0.2, -0.15) is 0 Å². The Labute approximate surface area is 152 Å². The molecule has 2 N–H and O–H groups in total. The molecule has 0 aliphatic carbocycles. The molecule has 0 fully saturated rings. The topological polar surface area (TPSA) is 71.2 Å². The lowest BCUT2D eigenvalue weighted by molar-refractivity contribution is -0.121. The van der Waals surface area contributed by atoms with Crippen LogP contribution in [0.25, 0.3) is 10.9 Å². The molecule has 1 aromatic heterocycles. The molecule has 0 saturated carbocycles. The van der Waals surface area contributed by atoms with Crippen molar-refractivity contribution >= 4 is 16.8 Å². The van der Waals surface area contributed by atoms with Gasteiger partial charge >= 0.3 is 0 Å². The molecule has 134 valence electrons. The second-order valence-electron chi connectivity index (χ2n) is 6.34. The molecule has 5 heteroatoms. The zero-order chi connectivity index (χ0) is 18.5. The number of aromatic nitrogens is 1. The van der Waals surface area contributed by atoms with E-state index in [-0.39, 0.29) is 17.9 Å². The quantitative estimate of drug-likeness (QED) is 0.718. The van der Waals surface area contributed by atoms with Gasteiger partial charge in [0.05, 0.1) is 7.11 Å². The lowest BCUT2D eigenvalue weighted by Crippen LogP contribution is -2.24. The van der Waals surface area contributed by atoms with Crippen molar-refractivity contribution in [3.63, 3.8) is 0 Å². The second kappa shape index (κ2) is 7.87. The molecule has 26 heavy (non-hydrogen) atoms. The average Bonchev–Trinajstić information content (AvgIpc) is 2.65. The van der Waals surface area contributed by atoms with Gasteiger partial charge < -0.3 is 15.0 Å². The van der Waals surface area contributed by atoms with Gasteiger partial charge in [0.25, 0.3) is 5.56 Å². The summed E-state index contributed by atoms with van der Waals surface area (Å²) in [5, 5.41) is 3.78. The van der Waals surface area contributed by atoms with Gasteiger partial charge in [-0.05, 0) is 43.2 Å². The number of ether oxygens (including phenoxy) is 1. The van der Waals surface area contributed by atoms with E-state index in [4.69, 9.17) is 4.74 Å². The summed E-state index contributed by atoms with van der Waals surface area (Å²) in [7, 11) is 1.60. The fraction of sp³-hybridized carbons (Fsp3) is 0.238. The zero-order valence-corrected chi connectivity index (χ0v) is 15.0. The van der Waals surface area contributed by atoms with Crippen LogP contribution in [0.4, 0.5) is 0 Å². The van der Waals surface area contributed by atoms with Crippen LogP contribution in [0.15, 0.2) is 53.3 Å². The molecule has 0 bridgehead atoms. The number of rotatable bonds is 6. The van der Waals surface area contributed by atoms with Gasteiger partial charge in [-0.1, -0.05) is 29.8 Å². The normalized spacial score (nSPS) is 10.7. The van der Waals surface area contributed by atoms with Crippen molar-refractivity contribution in [3.8, 4) is 5.75 Å². The van der Waals surface area contributed by atoms with Crippen molar-refractivity contribution < 1.29 is 9.53 Å². The summed E-state index contributed by atoms with van der Waals surface area (Å²) < 4.78 is 5.22. The smallest absolute Gasteiger partial charge is 0.251 e. The summed E-state index contributed by atoms with van der Waals surface area (Å²) in [6, 6.07) is 15.3. The van der Waals surface area contributed by atoms with Crippen LogP contribution >= 0.6 is 0 Å². The van der Waals surface area contributed by atoms with E-state index >= 15 is 0 Å². The Balaban J connectivity index is 1.63.